The van der Waals surface area contributed by atoms with Crippen LogP contribution in [0.5, 0.6) is 0 Å². The van der Waals surface area contributed by atoms with Crippen molar-refractivity contribution in [3.8, 4) is 0 Å². The van der Waals surface area contributed by atoms with Crippen LogP contribution in [0.1, 0.15) is 36.8 Å². The first-order valence-corrected chi connectivity index (χ1v) is 8.90. The third kappa shape index (κ3) is 5.66. The number of hydrogen-bond acceptors (Lipinski definition) is 5. The van der Waals surface area contributed by atoms with Crippen LogP contribution in [0.15, 0.2) is 5.51 Å². The highest BCUT2D eigenvalue weighted by Gasteiger charge is 2.22. The third-order valence-electron chi connectivity index (χ3n) is 4.45. The van der Waals surface area contributed by atoms with Crippen LogP contribution in [0, 0.1) is 18.8 Å². The topological polar surface area (TPSA) is 54.4 Å². The molecule has 0 amide bonds. The predicted octanol–water partition coefficient (Wildman–Crippen LogP) is 2.40. The van der Waals surface area contributed by atoms with E-state index in [1.807, 2.05) is 12.4 Å². The van der Waals surface area contributed by atoms with Gasteiger partial charge in [0.1, 0.15) is 0 Å². The summed E-state index contributed by atoms with van der Waals surface area (Å²) in [5.74, 6) is 1.61. The van der Waals surface area contributed by atoms with Gasteiger partial charge in [-0.3, -0.25) is 0 Å². The van der Waals surface area contributed by atoms with Gasteiger partial charge in [0.2, 0.25) is 0 Å². The minimum absolute atomic E-state index is 0.408. The van der Waals surface area contributed by atoms with Crippen LogP contribution in [-0.2, 0) is 11.2 Å². The van der Waals surface area contributed by atoms with Gasteiger partial charge in [-0.25, -0.2) is 4.98 Å². The molecule has 1 aromatic rings. The molecule has 1 aliphatic rings. The Bertz CT molecular complexity index is 411. The molecule has 0 bridgehead atoms. The number of nitrogens with zero attached hydrogens (tertiary/aromatic N) is 1. The van der Waals surface area contributed by atoms with Crippen molar-refractivity contribution in [2.45, 2.75) is 45.6 Å². The first-order valence-electron chi connectivity index (χ1n) is 8.02. The molecule has 4 nitrogen and oxygen atoms in total. The summed E-state index contributed by atoms with van der Waals surface area (Å²) in [6.45, 7) is 7.07. The molecule has 1 heterocycles. The average Bonchev–Trinajstić information content (AvgIpc) is 3.04. The second-order valence-corrected chi connectivity index (χ2v) is 7.11. The Morgan fingerprint density at radius 3 is 3.05 bits per heavy atom. The SMILES string of the molecule is Cc1ncsc1CCOCC(O)CNCC1CCCC1C. The van der Waals surface area contributed by atoms with Gasteiger partial charge in [0.25, 0.3) is 0 Å². The summed E-state index contributed by atoms with van der Waals surface area (Å²) in [6, 6.07) is 0. The summed E-state index contributed by atoms with van der Waals surface area (Å²) in [6.07, 6.45) is 4.51. The van der Waals surface area contributed by atoms with Gasteiger partial charge in [-0.15, -0.1) is 11.3 Å². The number of nitrogens with one attached hydrogen (secondary N) is 1. The Morgan fingerprint density at radius 2 is 2.38 bits per heavy atom. The van der Waals surface area contributed by atoms with E-state index in [0.717, 1.165) is 30.5 Å². The van der Waals surface area contributed by atoms with E-state index < -0.39 is 6.10 Å². The zero-order chi connectivity index (χ0) is 15.1. The molecule has 120 valence electrons. The molecule has 0 radical (unpaired) electrons. The van der Waals surface area contributed by atoms with Crippen LogP contribution in [0.25, 0.3) is 0 Å². The predicted molar refractivity (Wildman–Crippen MR) is 86.8 cm³/mol. The molecule has 3 unspecified atom stereocenters. The van der Waals surface area contributed by atoms with Crippen LogP contribution in [-0.4, -0.2) is 42.5 Å². The molecule has 1 fully saturated rings. The average molecular weight is 312 g/mol. The van der Waals surface area contributed by atoms with Crippen molar-refractivity contribution in [2.24, 2.45) is 11.8 Å². The van der Waals surface area contributed by atoms with E-state index in [2.05, 4.69) is 17.2 Å². The Kier molecular flexibility index (Phi) is 7.10. The first kappa shape index (κ1) is 16.9. The maximum absolute atomic E-state index is 9.90. The highest BCUT2D eigenvalue weighted by molar-refractivity contribution is 7.09. The quantitative estimate of drug-likeness (QED) is 0.688. The first-order chi connectivity index (χ1) is 10.2. The zero-order valence-electron chi connectivity index (χ0n) is 13.2. The Labute approximate surface area is 131 Å². The Hall–Kier alpha value is -0.490. The lowest BCUT2D eigenvalue weighted by atomic mass is 9.98. The van der Waals surface area contributed by atoms with Gasteiger partial charge in [-0.05, 0) is 31.7 Å². The van der Waals surface area contributed by atoms with E-state index in [-0.39, 0.29) is 0 Å². The summed E-state index contributed by atoms with van der Waals surface area (Å²) >= 11 is 1.67. The summed E-state index contributed by atoms with van der Waals surface area (Å²) in [7, 11) is 0. The van der Waals surface area contributed by atoms with Gasteiger partial charge in [0.05, 0.1) is 30.5 Å². The number of aliphatic hydroxyl groups is 1. The fourth-order valence-electron chi connectivity index (χ4n) is 2.97. The molecule has 0 aliphatic heterocycles. The second kappa shape index (κ2) is 8.83. The van der Waals surface area contributed by atoms with E-state index in [9.17, 15) is 5.11 Å². The molecule has 0 aromatic carbocycles. The fraction of sp³-hybridized carbons (Fsp3) is 0.812. The van der Waals surface area contributed by atoms with Gasteiger partial charge in [-0.2, -0.15) is 0 Å². The largest absolute Gasteiger partial charge is 0.389 e. The number of thiazole rings is 1. The smallest absolute Gasteiger partial charge is 0.0897 e. The Morgan fingerprint density at radius 1 is 1.52 bits per heavy atom. The zero-order valence-corrected chi connectivity index (χ0v) is 14.0. The molecular weight excluding hydrogens is 284 g/mol. The van der Waals surface area contributed by atoms with Crippen molar-refractivity contribution in [1.29, 1.82) is 0 Å². The van der Waals surface area contributed by atoms with Crippen molar-refractivity contribution in [3.05, 3.63) is 16.1 Å². The molecule has 2 N–H and O–H groups in total. The molecule has 2 rings (SSSR count). The van der Waals surface area contributed by atoms with Crippen molar-refractivity contribution in [3.63, 3.8) is 0 Å². The third-order valence-corrected chi connectivity index (χ3v) is 5.45. The number of aryl methyl sites for hydroxylation is 1. The number of ether oxygens (including phenoxy) is 1. The number of hydrogen-bond donors (Lipinski definition) is 2. The van der Waals surface area contributed by atoms with Gasteiger partial charge in [0, 0.05) is 17.8 Å². The molecule has 1 aromatic heterocycles. The highest BCUT2D eigenvalue weighted by Crippen LogP contribution is 2.30. The lowest BCUT2D eigenvalue weighted by Gasteiger charge is -2.18. The van der Waals surface area contributed by atoms with E-state index in [1.54, 1.807) is 11.3 Å². The van der Waals surface area contributed by atoms with E-state index in [1.165, 1.54) is 24.1 Å². The molecule has 3 atom stereocenters. The highest BCUT2D eigenvalue weighted by atomic mass is 32.1. The summed E-state index contributed by atoms with van der Waals surface area (Å²) < 4.78 is 5.56. The van der Waals surface area contributed by atoms with Crippen molar-refractivity contribution in [1.82, 2.24) is 10.3 Å². The van der Waals surface area contributed by atoms with Crippen LogP contribution in [0.4, 0.5) is 0 Å². The van der Waals surface area contributed by atoms with Crippen LogP contribution >= 0.6 is 11.3 Å². The lowest BCUT2D eigenvalue weighted by Crippen LogP contribution is -2.34. The minimum Gasteiger partial charge on any atom is -0.389 e. The van der Waals surface area contributed by atoms with Crippen LogP contribution in [0.3, 0.4) is 0 Å². The van der Waals surface area contributed by atoms with E-state index in [4.69, 9.17) is 4.74 Å². The second-order valence-electron chi connectivity index (χ2n) is 6.17. The lowest BCUT2D eigenvalue weighted by molar-refractivity contribution is 0.0379. The fourth-order valence-corrected chi connectivity index (χ4v) is 3.73. The number of rotatable bonds is 9. The van der Waals surface area contributed by atoms with Crippen LogP contribution in [0.2, 0.25) is 0 Å². The molecule has 1 saturated carbocycles. The summed E-state index contributed by atoms with van der Waals surface area (Å²) in [5, 5.41) is 13.3. The summed E-state index contributed by atoms with van der Waals surface area (Å²) in [5.41, 5.74) is 2.96. The Balaban J connectivity index is 1.49. The maximum Gasteiger partial charge on any atom is 0.0897 e. The molecule has 0 spiro atoms. The summed E-state index contributed by atoms with van der Waals surface area (Å²) in [4.78, 5) is 5.49. The van der Waals surface area contributed by atoms with E-state index >= 15 is 0 Å². The van der Waals surface area contributed by atoms with Crippen molar-refractivity contribution in [2.75, 3.05) is 26.3 Å². The van der Waals surface area contributed by atoms with Gasteiger partial charge >= 0.3 is 0 Å². The monoisotopic (exact) mass is 312 g/mol. The number of aliphatic hydroxyl groups excluding tert-OH is 1. The van der Waals surface area contributed by atoms with Gasteiger partial charge < -0.3 is 15.2 Å². The van der Waals surface area contributed by atoms with Crippen molar-refractivity contribution < 1.29 is 9.84 Å². The van der Waals surface area contributed by atoms with Gasteiger partial charge in [0.15, 0.2) is 0 Å². The molecular formula is C16H28N2O2S. The molecule has 5 heteroatoms. The normalized spacial score (nSPS) is 23.6. The number of aromatic nitrogens is 1. The van der Waals surface area contributed by atoms with E-state index in [0.29, 0.717) is 19.8 Å². The van der Waals surface area contributed by atoms with Gasteiger partial charge in [-0.1, -0.05) is 19.8 Å². The molecule has 21 heavy (non-hydrogen) atoms. The van der Waals surface area contributed by atoms with Crippen molar-refractivity contribution >= 4 is 11.3 Å². The standard InChI is InChI=1S/C16H28N2O2S/c1-12-4-3-5-14(12)8-17-9-15(19)10-20-7-6-16-13(2)18-11-21-16/h11-12,14-15,17,19H,3-10H2,1-2H3. The van der Waals surface area contributed by atoms with Crippen LogP contribution < -0.4 is 5.32 Å². The molecule has 1 aliphatic carbocycles. The maximum atomic E-state index is 9.90. The minimum atomic E-state index is -0.413. The molecule has 0 saturated heterocycles.